The van der Waals surface area contributed by atoms with Gasteiger partial charge in [0, 0.05) is 19.6 Å². The lowest BCUT2D eigenvalue weighted by Gasteiger charge is -2.36. The smallest absolute Gasteiger partial charge is 0.312 e. The Morgan fingerprint density at radius 2 is 2.19 bits per heavy atom. The largest absolute Gasteiger partial charge is 0.375 e. The van der Waals surface area contributed by atoms with Crippen molar-refractivity contribution < 1.29 is 14.3 Å². The second-order valence-electron chi connectivity index (χ2n) is 4.00. The van der Waals surface area contributed by atoms with Gasteiger partial charge in [0.1, 0.15) is 0 Å². The van der Waals surface area contributed by atoms with Crippen LogP contribution < -0.4 is 11.1 Å². The van der Waals surface area contributed by atoms with Crippen LogP contribution in [0.4, 0.5) is 0 Å². The van der Waals surface area contributed by atoms with E-state index in [4.69, 9.17) is 10.5 Å². The van der Waals surface area contributed by atoms with E-state index >= 15 is 0 Å². The van der Waals surface area contributed by atoms with Crippen molar-refractivity contribution in [2.45, 2.75) is 26.0 Å². The summed E-state index contributed by atoms with van der Waals surface area (Å²) in [5.41, 5.74) is 5.25. The highest BCUT2D eigenvalue weighted by atomic mass is 16.5. The molecule has 3 N–H and O–H groups in total. The Kier molecular flexibility index (Phi) is 4.70. The van der Waals surface area contributed by atoms with Crippen molar-refractivity contribution >= 4 is 11.8 Å². The number of hydrogen-bond acceptors (Lipinski definition) is 4. The van der Waals surface area contributed by atoms with Crippen molar-refractivity contribution in [2.75, 3.05) is 26.2 Å². The van der Waals surface area contributed by atoms with Gasteiger partial charge in [-0.05, 0) is 13.8 Å². The lowest BCUT2D eigenvalue weighted by atomic mass is 10.2. The van der Waals surface area contributed by atoms with Crippen molar-refractivity contribution in [2.24, 2.45) is 5.73 Å². The van der Waals surface area contributed by atoms with Crippen LogP contribution in [0.15, 0.2) is 0 Å². The Balaban J connectivity index is 2.54. The molecular formula is C10H19N3O3. The first kappa shape index (κ1) is 12.9. The standard InChI is InChI=1S/C10H19N3O3/c1-7-6-16-8(2)5-13(7)10(15)9(14)12-4-3-11/h7-8H,3-6,11H2,1-2H3,(H,12,14). The number of nitrogens with two attached hydrogens (primary N) is 1. The van der Waals surface area contributed by atoms with E-state index in [-0.39, 0.29) is 12.1 Å². The minimum atomic E-state index is -0.591. The average molecular weight is 229 g/mol. The van der Waals surface area contributed by atoms with E-state index in [9.17, 15) is 9.59 Å². The molecule has 0 bridgehead atoms. The van der Waals surface area contributed by atoms with Crippen LogP contribution >= 0.6 is 0 Å². The number of amides is 2. The van der Waals surface area contributed by atoms with Gasteiger partial charge in [0.15, 0.2) is 0 Å². The molecule has 1 rings (SSSR count). The molecule has 1 aliphatic heterocycles. The van der Waals surface area contributed by atoms with Crippen LogP contribution in [-0.4, -0.2) is 55.1 Å². The third kappa shape index (κ3) is 3.18. The summed E-state index contributed by atoms with van der Waals surface area (Å²) in [6, 6.07) is -0.0627. The molecule has 0 aliphatic carbocycles. The maximum Gasteiger partial charge on any atom is 0.312 e. The van der Waals surface area contributed by atoms with Crippen LogP contribution in [-0.2, 0) is 14.3 Å². The van der Waals surface area contributed by atoms with Gasteiger partial charge in [0.2, 0.25) is 0 Å². The quantitative estimate of drug-likeness (QED) is 0.576. The number of nitrogens with zero attached hydrogens (tertiary/aromatic N) is 1. The molecule has 1 aliphatic rings. The maximum absolute atomic E-state index is 11.8. The van der Waals surface area contributed by atoms with Crippen LogP contribution in [0.25, 0.3) is 0 Å². The van der Waals surface area contributed by atoms with Crippen LogP contribution in [0.3, 0.4) is 0 Å². The molecule has 6 nitrogen and oxygen atoms in total. The van der Waals surface area contributed by atoms with Crippen LogP contribution in [0.1, 0.15) is 13.8 Å². The predicted octanol–water partition coefficient (Wildman–Crippen LogP) is -1.30. The Hall–Kier alpha value is -1.14. The summed E-state index contributed by atoms with van der Waals surface area (Å²) >= 11 is 0. The SMILES string of the molecule is CC1CN(C(=O)C(=O)NCCN)C(C)CO1. The van der Waals surface area contributed by atoms with Crippen LogP contribution in [0, 0.1) is 0 Å². The average Bonchev–Trinajstić information content (AvgIpc) is 2.28. The summed E-state index contributed by atoms with van der Waals surface area (Å²) in [7, 11) is 0. The molecule has 0 aromatic carbocycles. The number of morpholine rings is 1. The minimum absolute atomic E-state index is 0.0255. The van der Waals surface area contributed by atoms with Crippen molar-refractivity contribution in [1.82, 2.24) is 10.2 Å². The lowest BCUT2D eigenvalue weighted by molar-refractivity contribution is -0.153. The Labute approximate surface area is 95.1 Å². The number of carbonyl (C=O) groups is 2. The molecule has 0 spiro atoms. The zero-order chi connectivity index (χ0) is 12.1. The first-order valence-corrected chi connectivity index (χ1v) is 5.46. The molecule has 16 heavy (non-hydrogen) atoms. The molecule has 0 saturated carbocycles. The highest BCUT2D eigenvalue weighted by molar-refractivity contribution is 6.35. The molecule has 2 amide bonds. The number of carbonyl (C=O) groups excluding carboxylic acids is 2. The number of hydrogen-bond donors (Lipinski definition) is 2. The van der Waals surface area contributed by atoms with Crippen molar-refractivity contribution in [1.29, 1.82) is 0 Å². The summed E-state index contributed by atoms with van der Waals surface area (Å²) in [6.45, 7) is 5.31. The first-order valence-electron chi connectivity index (χ1n) is 5.46. The fourth-order valence-electron chi connectivity index (χ4n) is 1.58. The van der Waals surface area contributed by atoms with Gasteiger partial charge in [-0.2, -0.15) is 0 Å². The van der Waals surface area contributed by atoms with Gasteiger partial charge in [0.05, 0.1) is 18.8 Å². The molecule has 6 heteroatoms. The van der Waals surface area contributed by atoms with E-state index in [2.05, 4.69) is 5.32 Å². The summed E-state index contributed by atoms with van der Waals surface area (Å²) in [5.74, 6) is -1.09. The van der Waals surface area contributed by atoms with Gasteiger partial charge in [-0.25, -0.2) is 0 Å². The molecule has 1 heterocycles. The van der Waals surface area contributed by atoms with Crippen LogP contribution in [0.2, 0.25) is 0 Å². The fourth-order valence-corrected chi connectivity index (χ4v) is 1.58. The first-order chi connectivity index (χ1) is 7.56. The molecule has 0 aromatic rings. The fraction of sp³-hybridized carbons (Fsp3) is 0.800. The topological polar surface area (TPSA) is 84.7 Å². The summed E-state index contributed by atoms with van der Waals surface area (Å²) < 4.78 is 5.39. The third-order valence-corrected chi connectivity index (χ3v) is 2.49. The normalized spacial score (nSPS) is 25.3. The summed E-state index contributed by atoms with van der Waals surface area (Å²) in [5, 5.41) is 2.47. The van der Waals surface area contributed by atoms with E-state index in [0.717, 1.165) is 0 Å². The third-order valence-electron chi connectivity index (χ3n) is 2.49. The van der Waals surface area contributed by atoms with Gasteiger partial charge in [0.25, 0.3) is 0 Å². The maximum atomic E-state index is 11.8. The Morgan fingerprint density at radius 1 is 1.50 bits per heavy atom. The monoisotopic (exact) mass is 229 g/mol. The van der Waals surface area contributed by atoms with Crippen molar-refractivity contribution in [3.8, 4) is 0 Å². The zero-order valence-corrected chi connectivity index (χ0v) is 9.73. The van der Waals surface area contributed by atoms with Gasteiger partial charge in [-0.15, -0.1) is 0 Å². The highest BCUT2D eigenvalue weighted by Crippen LogP contribution is 2.11. The van der Waals surface area contributed by atoms with Crippen LogP contribution in [0.5, 0.6) is 0 Å². The zero-order valence-electron chi connectivity index (χ0n) is 9.73. The van der Waals surface area contributed by atoms with Gasteiger partial charge in [-0.1, -0.05) is 0 Å². The summed E-state index contributed by atoms with van der Waals surface area (Å²) in [6.07, 6.45) is -0.0255. The van der Waals surface area contributed by atoms with Gasteiger partial charge >= 0.3 is 11.8 Å². The minimum Gasteiger partial charge on any atom is -0.375 e. The van der Waals surface area contributed by atoms with Gasteiger partial charge < -0.3 is 20.7 Å². The number of ether oxygens (including phenoxy) is 1. The molecule has 1 saturated heterocycles. The van der Waals surface area contributed by atoms with Crippen molar-refractivity contribution in [3.05, 3.63) is 0 Å². The van der Waals surface area contributed by atoms with E-state index in [1.54, 1.807) is 4.90 Å². The number of rotatable bonds is 2. The summed E-state index contributed by atoms with van der Waals surface area (Å²) in [4.78, 5) is 24.8. The molecule has 2 unspecified atom stereocenters. The lowest BCUT2D eigenvalue weighted by Crippen LogP contribution is -2.54. The molecule has 1 fully saturated rings. The highest BCUT2D eigenvalue weighted by Gasteiger charge is 2.30. The number of nitrogens with one attached hydrogen (secondary N) is 1. The molecule has 0 aromatic heterocycles. The second-order valence-corrected chi connectivity index (χ2v) is 4.00. The molecular weight excluding hydrogens is 210 g/mol. The molecule has 92 valence electrons. The van der Waals surface area contributed by atoms with E-state index in [1.807, 2.05) is 13.8 Å². The second kappa shape index (κ2) is 5.81. The molecule has 2 atom stereocenters. The van der Waals surface area contributed by atoms with E-state index in [1.165, 1.54) is 0 Å². The van der Waals surface area contributed by atoms with E-state index < -0.39 is 11.8 Å². The molecule has 0 radical (unpaired) electrons. The van der Waals surface area contributed by atoms with E-state index in [0.29, 0.717) is 26.2 Å². The Bertz CT molecular complexity index is 270. The van der Waals surface area contributed by atoms with Crippen molar-refractivity contribution in [3.63, 3.8) is 0 Å². The Morgan fingerprint density at radius 3 is 2.81 bits per heavy atom. The predicted molar refractivity (Wildman–Crippen MR) is 58.7 cm³/mol. The van der Waals surface area contributed by atoms with Gasteiger partial charge in [-0.3, -0.25) is 9.59 Å².